The van der Waals surface area contributed by atoms with Crippen molar-refractivity contribution in [3.05, 3.63) is 36.9 Å². The molecule has 0 bridgehead atoms. The maximum atomic E-state index is 3.85. The third-order valence-electron chi connectivity index (χ3n) is 2.33. The predicted octanol–water partition coefficient (Wildman–Crippen LogP) is 2.30. The van der Waals surface area contributed by atoms with E-state index in [4.69, 9.17) is 0 Å². The van der Waals surface area contributed by atoms with Gasteiger partial charge in [-0.3, -0.25) is 5.32 Å². The molecule has 1 aliphatic rings. The fraction of sp³-hybridized carbons (Fsp3) is 0.273. The van der Waals surface area contributed by atoms with Crippen LogP contribution in [0.4, 0.5) is 5.69 Å². The van der Waals surface area contributed by atoms with Crippen molar-refractivity contribution in [1.82, 2.24) is 5.32 Å². The number of para-hydroxylation sites is 1. The molecule has 2 unspecified atom stereocenters. The Bertz CT molecular complexity index is 338. The van der Waals surface area contributed by atoms with Gasteiger partial charge in [0, 0.05) is 10.6 Å². The van der Waals surface area contributed by atoms with E-state index in [1.165, 1.54) is 10.6 Å². The maximum absolute atomic E-state index is 3.85. The van der Waals surface area contributed by atoms with Gasteiger partial charge in [-0.1, -0.05) is 18.2 Å². The van der Waals surface area contributed by atoms with E-state index in [2.05, 4.69) is 35.4 Å². The van der Waals surface area contributed by atoms with Gasteiger partial charge in [0.1, 0.15) is 0 Å². The molecule has 0 aliphatic carbocycles. The van der Waals surface area contributed by atoms with Crippen molar-refractivity contribution in [2.45, 2.75) is 16.3 Å². The minimum Gasteiger partial charge on any atom is -0.368 e. The molecule has 3 heteroatoms. The topological polar surface area (TPSA) is 24.1 Å². The quantitative estimate of drug-likeness (QED) is 0.726. The molecule has 0 saturated carbocycles. The summed E-state index contributed by atoms with van der Waals surface area (Å²) in [6.45, 7) is 3.85. The maximum Gasteiger partial charge on any atom is 0.0926 e. The number of thioether (sulfide) groups is 1. The molecule has 2 rings (SSSR count). The number of rotatable bonds is 2. The number of hydrogen-bond acceptors (Lipinski definition) is 3. The first-order valence-corrected chi connectivity index (χ1v) is 5.55. The monoisotopic (exact) mass is 206 g/mol. The first-order chi connectivity index (χ1) is 6.85. The Morgan fingerprint density at radius 2 is 2.29 bits per heavy atom. The van der Waals surface area contributed by atoms with Gasteiger partial charge in [-0.25, -0.2) is 0 Å². The van der Waals surface area contributed by atoms with Crippen molar-refractivity contribution in [2.24, 2.45) is 0 Å². The molecule has 1 aromatic rings. The van der Waals surface area contributed by atoms with Crippen LogP contribution in [0.15, 0.2) is 41.8 Å². The Hall–Kier alpha value is -0.930. The van der Waals surface area contributed by atoms with E-state index in [1.54, 1.807) is 0 Å². The summed E-state index contributed by atoms with van der Waals surface area (Å²) in [6.07, 6.45) is 2.25. The second kappa shape index (κ2) is 4.07. The molecule has 1 aromatic carbocycles. The standard InChI is InChI=1S/C11H14N2S/c1-3-9-11(12-2)13-8-6-4-5-7-10(8)14-9/h3-7,9,11-13H,1H2,2H3. The van der Waals surface area contributed by atoms with Crippen molar-refractivity contribution in [3.63, 3.8) is 0 Å². The molecule has 0 aromatic heterocycles. The van der Waals surface area contributed by atoms with Crippen molar-refractivity contribution in [3.8, 4) is 0 Å². The summed E-state index contributed by atoms with van der Waals surface area (Å²) < 4.78 is 0. The molecule has 0 fully saturated rings. The number of anilines is 1. The second-order valence-electron chi connectivity index (χ2n) is 3.23. The highest BCUT2D eigenvalue weighted by Gasteiger charge is 2.24. The van der Waals surface area contributed by atoms with E-state index in [0.29, 0.717) is 5.25 Å². The minimum absolute atomic E-state index is 0.271. The van der Waals surface area contributed by atoms with Gasteiger partial charge in [-0.2, -0.15) is 0 Å². The largest absolute Gasteiger partial charge is 0.368 e. The molecular formula is C11H14N2S. The predicted molar refractivity (Wildman–Crippen MR) is 62.8 cm³/mol. The summed E-state index contributed by atoms with van der Waals surface area (Å²) in [5.41, 5.74) is 1.20. The molecule has 0 spiro atoms. The SMILES string of the molecule is C=CC1Sc2ccccc2NC1NC. The second-order valence-corrected chi connectivity index (χ2v) is 4.44. The van der Waals surface area contributed by atoms with E-state index in [9.17, 15) is 0 Å². The van der Waals surface area contributed by atoms with Crippen LogP contribution in [0.5, 0.6) is 0 Å². The number of fused-ring (bicyclic) bond motifs is 1. The Morgan fingerprint density at radius 3 is 3.00 bits per heavy atom. The third-order valence-corrected chi connectivity index (χ3v) is 3.68. The molecule has 74 valence electrons. The van der Waals surface area contributed by atoms with Gasteiger partial charge in [0.25, 0.3) is 0 Å². The average Bonchev–Trinajstić information content (AvgIpc) is 2.27. The van der Waals surface area contributed by atoms with Crippen LogP contribution in [-0.4, -0.2) is 18.5 Å². The zero-order chi connectivity index (χ0) is 9.97. The lowest BCUT2D eigenvalue weighted by Crippen LogP contribution is -2.43. The smallest absolute Gasteiger partial charge is 0.0926 e. The minimum atomic E-state index is 0.271. The lowest BCUT2D eigenvalue weighted by atomic mass is 10.2. The molecule has 2 atom stereocenters. The highest BCUT2D eigenvalue weighted by atomic mass is 32.2. The number of nitrogens with one attached hydrogen (secondary N) is 2. The van der Waals surface area contributed by atoms with Crippen LogP contribution in [0, 0.1) is 0 Å². The third kappa shape index (κ3) is 1.65. The summed E-state index contributed by atoms with van der Waals surface area (Å²) in [6, 6.07) is 8.35. The Balaban J connectivity index is 2.29. The fourth-order valence-electron chi connectivity index (χ4n) is 1.57. The van der Waals surface area contributed by atoms with Crippen molar-refractivity contribution >= 4 is 17.4 Å². The Kier molecular flexibility index (Phi) is 2.79. The lowest BCUT2D eigenvalue weighted by Gasteiger charge is -2.32. The zero-order valence-corrected chi connectivity index (χ0v) is 8.97. The van der Waals surface area contributed by atoms with Gasteiger partial charge in [0.2, 0.25) is 0 Å². The molecule has 1 aliphatic heterocycles. The molecule has 1 heterocycles. The van der Waals surface area contributed by atoms with Crippen LogP contribution in [0.3, 0.4) is 0 Å². The van der Waals surface area contributed by atoms with Crippen molar-refractivity contribution in [1.29, 1.82) is 0 Å². The van der Waals surface area contributed by atoms with E-state index >= 15 is 0 Å². The van der Waals surface area contributed by atoms with E-state index in [1.807, 2.05) is 31.0 Å². The highest BCUT2D eigenvalue weighted by Crippen LogP contribution is 2.36. The molecule has 2 N–H and O–H groups in total. The van der Waals surface area contributed by atoms with Gasteiger partial charge in [0.05, 0.1) is 11.4 Å². The average molecular weight is 206 g/mol. The number of hydrogen-bond donors (Lipinski definition) is 2. The van der Waals surface area contributed by atoms with E-state index in [0.717, 1.165) is 0 Å². The highest BCUT2D eigenvalue weighted by molar-refractivity contribution is 8.00. The Labute approximate surface area is 88.8 Å². The molecular weight excluding hydrogens is 192 g/mol. The molecule has 0 radical (unpaired) electrons. The van der Waals surface area contributed by atoms with Crippen LogP contribution in [-0.2, 0) is 0 Å². The molecule has 14 heavy (non-hydrogen) atoms. The summed E-state index contributed by atoms with van der Waals surface area (Å²) in [7, 11) is 1.96. The van der Waals surface area contributed by atoms with Gasteiger partial charge in [-0.05, 0) is 19.2 Å². The molecule has 0 saturated heterocycles. The molecule has 0 amide bonds. The molecule has 2 nitrogen and oxygen atoms in total. The fourth-order valence-corrected chi connectivity index (χ4v) is 2.71. The van der Waals surface area contributed by atoms with Gasteiger partial charge >= 0.3 is 0 Å². The van der Waals surface area contributed by atoms with E-state index in [-0.39, 0.29) is 6.17 Å². The zero-order valence-electron chi connectivity index (χ0n) is 8.16. The van der Waals surface area contributed by atoms with Crippen LogP contribution in [0.1, 0.15) is 0 Å². The first-order valence-electron chi connectivity index (χ1n) is 4.67. The van der Waals surface area contributed by atoms with Gasteiger partial charge in [-0.15, -0.1) is 18.3 Å². The van der Waals surface area contributed by atoms with Crippen molar-refractivity contribution in [2.75, 3.05) is 12.4 Å². The Morgan fingerprint density at radius 1 is 1.50 bits per heavy atom. The lowest BCUT2D eigenvalue weighted by molar-refractivity contribution is 0.637. The summed E-state index contributed by atoms with van der Waals surface area (Å²) in [5, 5.41) is 7.07. The van der Waals surface area contributed by atoms with Crippen LogP contribution >= 0.6 is 11.8 Å². The van der Waals surface area contributed by atoms with Gasteiger partial charge < -0.3 is 5.32 Å². The number of benzene rings is 1. The van der Waals surface area contributed by atoms with Crippen molar-refractivity contribution < 1.29 is 0 Å². The van der Waals surface area contributed by atoms with Crippen LogP contribution in [0.25, 0.3) is 0 Å². The van der Waals surface area contributed by atoms with Crippen LogP contribution in [0.2, 0.25) is 0 Å². The van der Waals surface area contributed by atoms with Gasteiger partial charge in [0.15, 0.2) is 0 Å². The van der Waals surface area contributed by atoms with E-state index < -0.39 is 0 Å². The summed E-state index contributed by atoms with van der Waals surface area (Å²) in [4.78, 5) is 1.30. The normalized spacial score (nSPS) is 24.9. The van der Waals surface area contributed by atoms with Crippen LogP contribution < -0.4 is 10.6 Å². The first kappa shape index (κ1) is 9.62. The summed E-state index contributed by atoms with van der Waals surface area (Å²) >= 11 is 1.85. The summed E-state index contributed by atoms with van der Waals surface area (Å²) in [5.74, 6) is 0.